The average Bonchev–Trinajstić information content (AvgIpc) is 2.01. The molecule has 3 nitrogen and oxygen atoms in total. The molecule has 0 amide bonds. The van der Waals surface area contributed by atoms with E-state index in [1.807, 2.05) is 6.92 Å². The number of phenolic OH excluding ortho intramolecular Hbond substituents is 2. The fourth-order valence-electron chi connectivity index (χ4n) is 1.15. The lowest BCUT2D eigenvalue weighted by Crippen LogP contribution is -2.03. The molecule has 1 aromatic rings. The predicted octanol–water partition coefficient (Wildman–Crippen LogP) is 0.907. The molecule has 1 rings (SSSR count). The van der Waals surface area contributed by atoms with Gasteiger partial charge in [-0.3, -0.25) is 0 Å². The van der Waals surface area contributed by atoms with E-state index in [-0.39, 0.29) is 11.5 Å². The van der Waals surface area contributed by atoms with E-state index in [2.05, 4.69) is 0 Å². The fraction of sp³-hybridized carbons (Fsp3) is 0.333. The van der Waals surface area contributed by atoms with Crippen molar-refractivity contribution in [1.29, 1.82) is 0 Å². The Morgan fingerprint density at radius 2 is 1.83 bits per heavy atom. The minimum absolute atomic E-state index is 0.0757. The van der Waals surface area contributed by atoms with Crippen LogP contribution in [0.3, 0.4) is 0 Å². The third-order valence-electron chi connectivity index (χ3n) is 1.85. The molecule has 0 unspecified atom stereocenters. The Labute approximate surface area is 71.5 Å². The highest BCUT2D eigenvalue weighted by atomic mass is 16.3. The van der Waals surface area contributed by atoms with Crippen LogP contribution in [-0.2, 0) is 6.42 Å². The van der Waals surface area contributed by atoms with Gasteiger partial charge in [0.1, 0.15) is 0 Å². The van der Waals surface area contributed by atoms with E-state index in [1.165, 1.54) is 0 Å². The number of hydrogen-bond acceptors (Lipinski definition) is 3. The van der Waals surface area contributed by atoms with Crippen LogP contribution in [0.2, 0.25) is 0 Å². The molecule has 0 bridgehead atoms. The lowest BCUT2D eigenvalue weighted by molar-refractivity contribution is 0.402. The lowest BCUT2D eigenvalue weighted by atomic mass is 9.94. The number of aryl methyl sites for hydroxylation is 1. The van der Waals surface area contributed by atoms with Crippen LogP contribution in [0.25, 0.3) is 0 Å². The second-order valence-corrected chi connectivity index (χ2v) is 2.81. The molecule has 0 heterocycles. The largest absolute Gasteiger partial charge is 0.504 e. The molecule has 0 spiro atoms. The SMILES string of the molecule is [11CH3]c1cc(O)c(O)cc1CCN. The van der Waals surface area contributed by atoms with Crippen molar-refractivity contribution in [2.24, 2.45) is 5.73 Å². The van der Waals surface area contributed by atoms with Crippen LogP contribution in [0.5, 0.6) is 11.5 Å². The summed E-state index contributed by atoms with van der Waals surface area (Å²) in [6, 6.07) is 3.10. The van der Waals surface area contributed by atoms with Crippen LogP contribution >= 0.6 is 0 Å². The maximum Gasteiger partial charge on any atom is 0.157 e. The van der Waals surface area contributed by atoms with Gasteiger partial charge in [0.05, 0.1) is 0 Å². The van der Waals surface area contributed by atoms with Gasteiger partial charge in [-0.2, -0.15) is 0 Å². The van der Waals surface area contributed by atoms with E-state index in [0.717, 1.165) is 17.5 Å². The highest BCUT2D eigenvalue weighted by Crippen LogP contribution is 2.27. The fourth-order valence-corrected chi connectivity index (χ4v) is 1.15. The van der Waals surface area contributed by atoms with Gasteiger partial charge in [-0.1, -0.05) is 0 Å². The molecule has 3 heteroatoms. The van der Waals surface area contributed by atoms with Crippen molar-refractivity contribution in [3.05, 3.63) is 23.3 Å². The Bertz CT molecular complexity index is 284. The first-order valence-electron chi connectivity index (χ1n) is 3.86. The third kappa shape index (κ3) is 1.68. The molecule has 12 heavy (non-hydrogen) atoms. The van der Waals surface area contributed by atoms with Gasteiger partial charge >= 0.3 is 0 Å². The molecule has 66 valence electrons. The predicted molar refractivity (Wildman–Crippen MR) is 47.3 cm³/mol. The summed E-state index contributed by atoms with van der Waals surface area (Å²) in [4.78, 5) is 0. The summed E-state index contributed by atoms with van der Waals surface area (Å²) in [5.41, 5.74) is 7.31. The zero-order chi connectivity index (χ0) is 9.14. The van der Waals surface area contributed by atoms with E-state index >= 15 is 0 Å². The monoisotopic (exact) mass is 166 g/mol. The van der Waals surface area contributed by atoms with Crippen LogP contribution in [0.1, 0.15) is 11.1 Å². The van der Waals surface area contributed by atoms with E-state index in [1.54, 1.807) is 12.1 Å². The first-order chi connectivity index (χ1) is 5.65. The van der Waals surface area contributed by atoms with Crippen molar-refractivity contribution in [2.75, 3.05) is 6.54 Å². The van der Waals surface area contributed by atoms with E-state index in [9.17, 15) is 0 Å². The van der Waals surface area contributed by atoms with Gasteiger partial charge in [0.25, 0.3) is 0 Å². The molecule has 0 radical (unpaired) electrons. The van der Waals surface area contributed by atoms with Gasteiger partial charge in [-0.15, -0.1) is 0 Å². The van der Waals surface area contributed by atoms with Crippen LogP contribution in [0.15, 0.2) is 12.1 Å². The molecule has 0 fully saturated rings. The van der Waals surface area contributed by atoms with Gasteiger partial charge in [0, 0.05) is 0 Å². The standard InChI is InChI=1S/C9H13NO2/c1-6-4-8(11)9(12)5-7(6)2-3-10/h4-5,11-12H,2-3,10H2,1H3/i1-1. The van der Waals surface area contributed by atoms with Crippen LogP contribution in [0, 0.1) is 6.92 Å². The van der Waals surface area contributed by atoms with Crippen molar-refractivity contribution < 1.29 is 10.2 Å². The Morgan fingerprint density at radius 3 is 2.42 bits per heavy atom. The Balaban J connectivity index is 3.05. The maximum atomic E-state index is 9.16. The zero-order valence-electron chi connectivity index (χ0n) is 7.04. The van der Waals surface area contributed by atoms with E-state index < -0.39 is 0 Å². The van der Waals surface area contributed by atoms with Crippen molar-refractivity contribution in [2.45, 2.75) is 13.3 Å². The Morgan fingerprint density at radius 1 is 1.25 bits per heavy atom. The summed E-state index contributed by atoms with van der Waals surface area (Å²) >= 11 is 0. The summed E-state index contributed by atoms with van der Waals surface area (Å²) in [6.45, 7) is 2.43. The zero-order valence-corrected chi connectivity index (χ0v) is 7.04. The number of benzene rings is 1. The first kappa shape index (κ1) is 8.87. The highest BCUT2D eigenvalue weighted by molar-refractivity contribution is 5.45. The van der Waals surface area contributed by atoms with Crippen LogP contribution in [-0.4, -0.2) is 16.8 Å². The molecular weight excluding hydrogens is 153 g/mol. The third-order valence-corrected chi connectivity index (χ3v) is 1.85. The smallest absolute Gasteiger partial charge is 0.157 e. The van der Waals surface area contributed by atoms with Crippen LogP contribution < -0.4 is 5.73 Å². The maximum absolute atomic E-state index is 9.16. The molecule has 0 aliphatic rings. The van der Waals surface area contributed by atoms with Crippen molar-refractivity contribution in [1.82, 2.24) is 0 Å². The molecule has 0 aromatic heterocycles. The van der Waals surface area contributed by atoms with Gasteiger partial charge in [0.15, 0.2) is 11.5 Å². The number of hydrogen-bond donors (Lipinski definition) is 3. The molecular formula is C9H13NO2. The number of rotatable bonds is 2. The minimum Gasteiger partial charge on any atom is -0.504 e. The highest BCUT2D eigenvalue weighted by Gasteiger charge is 2.03. The summed E-state index contributed by atoms with van der Waals surface area (Å²) < 4.78 is 0. The Kier molecular flexibility index (Phi) is 2.55. The van der Waals surface area contributed by atoms with Crippen molar-refractivity contribution in [3.63, 3.8) is 0 Å². The normalized spacial score (nSPS) is 10.2. The first-order valence-corrected chi connectivity index (χ1v) is 3.86. The van der Waals surface area contributed by atoms with Crippen molar-refractivity contribution in [3.8, 4) is 11.5 Å². The molecule has 1 aromatic carbocycles. The topological polar surface area (TPSA) is 66.5 Å². The quantitative estimate of drug-likeness (QED) is 0.572. The summed E-state index contributed by atoms with van der Waals surface area (Å²) in [5, 5.41) is 18.3. The molecule has 0 atom stereocenters. The van der Waals surface area contributed by atoms with E-state index in [0.29, 0.717) is 6.54 Å². The summed E-state index contributed by atoms with van der Waals surface area (Å²) in [5.74, 6) is -0.155. The molecule has 0 saturated carbocycles. The number of aromatic hydroxyl groups is 2. The number of phenols is 2. The second kappa shape index (κ2) is 3.45. The second-order valence-electron chi connectivity index (χ2n) is 2.81. The average molecular weight is 166 g/mol. The number of nitrogens with two attached hydrogens (primary N) is 1. The van der Waals surface area contributed by atoms with Crippen LogP contribution in [0.4, 0.5) is 0 Å². The van der Waals surface area contributed by atoms with Crippen molar-refractivity contribution >= 4 is 0 Å². The Hall–Kier alpha value is -1.22. The van der Waals surface area contributed by atoms with Gasteiger partial charge in [0.2, 0.25) is 0 Å². The molecule has 0 aliphatic heterocycles. The molecule has 0 saturated heterocycles. The van der Waals surface area contributed by atoms with Gasteiger partial charge in [-0.05, 0) is 43.1 Å². The lowest BCUT2D eigenvalue weighted by Gasteiger charge is -2.06. The summed E-state index contributed by atoms with van der Waals surface area (Å²) in [7, 11) is 0. The molecule has 0 aliphatic carbocycles. The minimum atomic E-state index is -0.0796. The van der Waals surface area contributed by atoms with Gasteiger partial charge in [-0.25, -0.2) is 0 Å². The summed E-state index contributed by atoms with van der Waals surface area (Å²) in [6.07, 6.45) is 0.722. The van der Waals surface area contributed by atoms with E-state index in [4.69, 9.17) is 15.9 Å². The molecule has 4 N–H and O–H groups in total. The van der Waals surface area contributed by atoms with Gasteiger partial charge < -0.3 is 15.9 Å².